The SMILES string of the molecule is CCN(C(=O)c1ccc(F)c(S(=O)(=O)N2CCCCC2)c1)C(C)c1cccnc1. The summed E-state index contributed by atoms with van der Waals surface area (Å²) in [6, 6.07) is 6.99. The Morgan fingerprint density at radius 3 is 2.59 bits per heavy atom. The van der Waals surface area contributed by atoms with Gasteiger partial charge in [-0.2, -0.15) is 4.31 Å². The predicted molar refractivity (Wildman–Crippen MR) is 108 cm³/mol. The third-order valence-electron chi connectivity index (χ3n) is 5.35. The number of benzene rings is 1. The number of piperidine rings is 1. The van der Waals surface area contributed by atoms with Crippen molar-refractivity contribution in [2.75, 3.05) is 19.6 Å². The van der Waals surface area contributed by atoms with Crippen LogP contribution in [0.25, 0.3) is 0 Å². The molecular weight excluding hydrogens is 393 g/mol. The minimum absolute atomic E-state index is 0.152. The van der Waals surface area contributed by atoms with Crippen molar-refractivity contribution in [2.45, 2.75) is 44.0 Å². The number of aromatic nitrogens is 1. The van der Waals surface area contributed by atoms with Crippen LogP contribution in [0.2, 0.25) is 0 Å². The molecule has 1 saturated heterocycles. The molecule has 1 fully saturated rings. The Hall–Kier alpha value is -2.32. The molecule has 1 unspecified atom stereocenters. The van der Waals surface area contributed by atoms with Gasteiger partial charge in [-0.3, -0.25) is 9.78 Å². The fraction of sp³-hybridized carbons (Fsp3) is 0.429. The fourth-order valence-electron chi connectivity index (χ4n) is 3.64. The molecule has 0 N–H and O–H groups in total. The van der Waals surface area contributed by atoms with Crippen LogP contribution in [0.3, 0.4) is 0 Å². The summed E-state index contributed by atoms with van der Waals surface area (Å²) in [5.74, 6) is -1.19. The van der Waals surface area contributed by atoms with Crippen LogP contribution in [0.5, 0.6) is 0 Å². The standard InChI is InChI=1S/C21H26FN3O3S/c1-3-25(16(2)18-8-7-11-23-15-18)21(26)17-9-10-19(22)20(14-17)29(27,28)24-12-5-4-6-13-24/h7-11,14-16H,3-6,12-13H2,1-2H3. The zero-order chi connectivity index (χ0) is 21.0. The molecule has 1 atom stereocenters. The van der Waals surface area contributed by atoms with Crippen LogP contribution in [0.15, 0.2) is 47.6 Å². The second kappa shape index (κ2) is 9.00. The summed E-state index contributed by atoms with van der Waals surface area (Å²) < 4.78 is 41.6. The smallest absolute Gasteiger partial charge is 0.254 e. The lowest BCUT2D eigenvalue weighted by molar-refractivity contribution is 0.0701. The Balaban J connectivity index is 1.92. The summed E-state index contributed by atoms with van der Waals surface area (Å²) in [5, 5.41) is 0. The molecule has 29 heavy (non-hydrogen) atoms. The van der Waals surface area contributed by atoms with Gasteiger partial charge in [0.1, 0.15) is 10.7 Å². The second-order valence-corrected chi connectivity index (χ2v) is 9.07. The van der Waals surface area contributed by atoms with Gasteiger partial charge in [0.2, 0.25) is 10.0 Å². The van der Waals surface area contributed by atoms with E-state index in [1.807, 2.05) is 19.9 Å². The number of carbonyl (C=O) groups excluding carboxylic acids is 1. The summed E-state index contributed by atoms with van der Waals surface area (Å²) in [7, 11) is -3.98. The maximum absolute atomic E-state index is 14.5. The zero-order valence-corrected chi connectivity index (χ0v) is 17.5. The van der Waals surface area contributed by atoms with E-state index in [1.54, 1.807) is 23.4 Å². The van der Waals surface area contributed by atoms with Gasteiger partial charge >= 0.3 is 0 Å². The Bertz CT molecular complexity index is 960. The third kappa shape index (κ3) is 4.48. The summed E-state index contributed by atoms with van der Waals surface area (Å²) in [6.07, 6.45) is 5.83. The first-order valence-corrected chi connectivity index (χ1v) is 11.3. The van der Waals surface area contributed by atoms with Crippen LogP contribution in [0, 0.1) is 5.82 Å². The van der Waals surface area contributed by atoms with E-state index in [4.69, 9.17) is 0 Å². The number of sulfonamides is 1. The van der Waals surface area contributed by atoms with Crippen LogP contribution in [0.1, 0.15) is 55.1 Å². The lowest BCUT2D eigenvalue weighted by Gasteiger charge is -2.29. The Kier molecular flexibility index (Phi) is 6.64. The summed E-state index contributed by atoms with van der Waals surface area (Å²) >= 11 is 0. The van der Waals surface area contributed by atoms with Crippen LogP contribution in [-0.2, 0) is 10.0 Å². The van der Waals surface area contributed by atoms with E-state index in [2.05, 4.69) is 4.98 Å². The lowest BCUT2D eigenvalue weighted by Crippen LogP contribution is -2.36. The molecule has 0 spiro atoms. The maximum atomic E-state index is 14.5. The number of hydrogen-bond donors (Lipinski definition) is 0. The molecule has 1 aromatic carbocycles. The number of halogens is 1. The van der Waals surface area contributed by atoms with Crippen molar-refractivity contribution in [3.63, 3.8) is 0 Å². The Labute approximate surface area is 171 Å². The average Bonchev–Trinajstić information content (AvgIpc) is 2.75. The largest absolute Gasteiger partial charge is 0.332 e. The molecule has 1 aliphatic heterocycles. The number of nitrogens with zero attached hydrogens (tertiary/aromatic N) is 3. The van der Waals surface area contributed by atoms with Crippen molar-refractivity contribution in [1.82, 2.24) is 14.2 Å². The number of carbonyl (C=O) groups is 1. The molecule has 6 nitrogen and oxygen atoms in total. The van der Waals surface area contributed by atoms with Crippen molar-refractivity contribution >= 4 is 15.9 Å². The molecule has 3 rings (SSSR count). The number of pyridine rings is 1. The molecule has 1 aliphatic rings. The molecule has 0 saturated carbocycles. The average molecular weight is 420 g/mol. The summed E-state index contributed by atoms with van der Waals surface area (Å²) in [5.41, 5.74) is 1.02. The van der Waals surface area contributed by atoms with Gasteiger partial charge in [0.25, 0.3) is 5.91 Å². The highest BCUT2D eigenvalue weighted by molar-refractivity contribution is 7.89. The Morgan fingerprint density at radius 1 is 1.24 bits per heavy atom. The zero-order valence-electron chi connectivity index (χ0n) is 16.7. The van der Waals surface area contributed by atoms with Crippen molar-refractivity contribution in [1.29, 1.82) is 0 Å². The minimum atomic E-state index is -3.98. The second-order valence-electron chi connectivity index (χ2n) is 7.16. The summed E-state index contributed by atoms with van der Waals surface area (Å²) in [4.78, 5) is 18.4. The topological polar surface area (TPSA) is 70.6 Å². The highest BCUT2D eigenvalue weighted by Crippen LogP contribution is 2.26. The van der Waals surface area contributed by atoms with Gasteiger partial charge < -0.3 is 4.90 Å². The number of hydrogen-bond acceptors (Lipinski definition) is 4. The molecule has 0 aliphatic carbocycles. The van der Waals surface area contributed by atoms with Gasteiger partial charge in [-0.1, -0.05) is 12.5 Å². The molecule has 0 radical (unpaired) electrons. The molecule has 8 heteroatoms. The van der Waals surface area contributed by atoms with E-state index >= 15 is 0 Å². The van der Waals surface area contributed by atoms with Crippen molar-refractivity contribution in [2.24, 2.45) is 0 Å². The number of rotatable bonds is 6. The fourth-order valence-corrected chi connectivity index (χ4v) is 5.25. The van der Waals surface area contributed by atoms with E-state index in [0.29, 0.717) is 19.6 Å². The first-order valence-electron chi connectivity index (χ1n) is 9.87. The van der Waals surface area contributed by atoms with E-state index < -0.39 is 20.7 Å². The van der Waals surface area contributed by atoms with Crippen molar-refractivity contribution < 1.29 is 17.6 Å². The highest BCUT2D eigenvalue weighted by Gasteiger charge is 2.30. The highest BCUT2D eigenvalue weighted by atomic mass is 32.2. The molecule has 156 valence electrons. The van der Waals surface area contributed by atoms with Crippen molar-refractivity contribution in [3.05, 3.63) is 59.7 Å². The Morgan fingerprint density at radius 2 is 1.97 bits per heavy atom. The van der Waals surface area contributed by atoms with E-state index in [1.165, 1.54) is 16.4 Å². The van der Waals surface area contributed by atoms with Gasteiger partial charge in [0.05, 0.1) is 6.04 Å². The third-order valence-corrected chi connectivity index (χ3v) is 7.26. The van der Waals surface area contributed by atoms with Gasteiger partial charge in [-0.15, -0.1) is 0 Å². The minimum Gasteiger partial charge on any atom is -0.332 e. The summed E-state index contributed by atoms with van der Waals surface area (Å²) in [6.45, 7) is 4.89. The van der Waals surface area contributed by atoms with Crippen LogP contribution in [0.4, 0.5) is 4.39 Å². The predicted octanol–water partition coefficient (Wildman–Crippen LogP) is 3.62. The first-order chi connectivity index (χ1) is 13.9. The molecule has 2 heterocycles. The van der Waals surface area contributed by atoms with Crippen molar-refractivity contribution in [3.8, 4) is 0 Å². The first kappa shape index (κ1) is 21.4. The van der Waals surface area contributed by atoms with Crippen LogP contribution < -0.4 is 0 Å². The molecular formula is C21H26FN3O3S. The van der Waals surface area contributed by atoms with Gasteiger partial charge in [0, 0.05) is 37.6 Å². The van der Waals surface area contributed by atoms with Crippen LogP contribution >= 0.6 is 0 Å². The van der Waals surface area contributed by atoms with E-state index in [9.17, 15) is 17.6 Å². The van der Waals surface area contributed by atoms with E-state index in [0.717, 1.165) is 30.9 Å². The van der Waals surface area contributed by atoms with Gasteiger partial charge in [-0.25, -0.2) is 12.8 Å². The van der Waals surface area contributed by atoms with Crippen LogP contribution in [-0.4, -0.2) is 48.1 Å². The van der Waals surface area contributed by atoms with Gasteiger partial charge in [0.15, 0.2) is 0 Å². The van der Waals surface area contributed by atoms with E-state index in [-0.39, 0.29) is 17.5 Å². The number of amides is 1. The quantitative estimate of drug-likeness (QED) is 0.717. The molecule has 1 amide bonds. The monoisotopic (exact) mass is 419 g/mol. The lowest BCUT2D eigenvalue weighted by atomic mass is 10.1. The molecule has 2 aromatic rings. The van der Waals surface area contributed by atoms with Gasteiger partial charge in [-0.05, 0) is 56.5 Å². The normalized spacial score (nSPS) is 16.4. The molecule has 1 aromatic heterocycles. The maximum Gasteiger partial charge on any atom is 0.254 e. The molecule has 0 bridgehead atoms.